The van der Waals surface area contributed by atoms with Crippen molar-refractivity contribution in [1.82, 2.24) is 29.8 Å². The van der Waals surface area contributed by atoms with Gasteiger partial charge in [-0.15, -0.1) is 0 Å². The second kappa shape index (κ2) is 9.75. The number of ether oxygens (including phenoxy) is 1. The number of nitrogens with zero attached hydrogens (tertiary/aromatic N) is 6. The lowest BCUT2D eigenvalue weighted by molar-refractivity contribution is 0.0256. The van der Waals surface area contributed by atoms with Crippen molar-refractivity contribution in [3.63, 3.8) is 0 Å². The Kier molecular flexibility index (Phi) is 6.24. The zero-order valence-corrected chi connectivity index (χ0v) is 21.4. The number of benzene rings is 1. The van der Waals surface area contributed by atoms with E-state index in [2.05, 4.69) is 25.3 Å². The van der Waals surface area contributed by atoms with Gasteiger partial charge in [0.15, 0.2) is 0 Å². The molecule has 2 fully saturated rings. The third-order valence-electron chi connectivity index (χ3n) is 7.07. The summed E-state index contributed by atoms with van der Waals surface area (Å²) >= 11 is 0. The van der Waals surface area contributed by atoms with E-state index in [0.29, 0.717) is 35.7 Å². The topological polar surface area (TPSA) is 124 Å². The van der Waals surface area contributed by atoms with E-state index in [1.165, 1.54) is 4.90 Å². The molecule has 0 spiro atoms. The van der Waals surface area contributed by atoms with Crippen LogP contribution in [0.5, 0.6) is 5.75 Å². The molecule has 1 saturated carbocycles. The molecular weight excluding hydrogens is 506 g/mol. The van der Waals surface area contributed by atoms with Gasteiger partial charge in [-0.25, -0.2) is 28.7 Å². The lowest BCUT2D eigenvalue weighted by Gasteiger charge is -2.16. The average molecular weight is 535 g/mol. The Morgan fingerprint density at radius 3 is 2.69 bits per heavy atom. The first kappa shape index (κ1) is 25.0. The molecule has 1 aliphatic heterocycles. The zero-order chi connectivity index (χ0) is 27.1. The lowest BCUT2D eigenvalue weighted by Crippen LogP contribution is -2.26. The van der Waals surface area contributed by atoms with E-state index >= 15 is 0 Å². The first-order valence-corrected chi connectivity index (χ1v) is 12.8. The number of nitrogens with two attached hydrogens (primary N) is 1. The van der Waals surface area contributed by atoms with Crippen molar-refractivity contribution in [3.8, 4) is 5.75 Å². The number of nitrogen functional groups attached to an aromatic ring is 1. The molecule has 1 amide bonds. The van der Waals surface area contributed by atoms with Crippen LogP contribution in [0.15, 0.2) is 43.0 Å². The Morgan fingerprint density at radius 1 is 1.21 bits per heavy atom. The fraction of sp³-hybridized carbons (Fsp3) is 0.370. The molecule has 12 heteroatoms. The summed E-state index contributed by atoms with van der Waals surface area (Å²) in [5.41, 5.74) is 8.00. The SMILES string of the molecule is COc1cc(CNC(=O)c2cn(Cc3cnc(N4CCC(F)(F)C4)nc3)c(C3CC3)n2)cc2ccnc(N)c12. The highest BCUT2D eigenvalue weighted by molar-refractivity contribution is 5.97. The van der Waals surface area contributed by atoms with Gasteiger partial charge < -0.3 is 25.3 Å². The number of hydrogen-bond acceptors (Lipinski definition) is 8. The zero-order valence-electron chi connectivity index (χ0n) is 21.4. The number of anilines is 2. The van der Waals surface area contributed by atoms with E-state index in [0.717, 1.165) is 40.6 Å². The minimum atomic E-state index is -2.71. The van der Waals surface area contributed by atoms with E-state index in [-0.39, 0.29) is 32.0 Å². The maximum atomic E-state index is 13.6. The van der Waals surface area contributed by atoms with Crippen LogP contribution < -0.4 is 20.7 Å². The third-order valence-corrected chi connectivity index (χ3v) is 7.07. The molecule has 202 valence electrons. The number of alkyl halides is 2. The molecule has 10 nitrogen and oxygen atoms in total. The highest BCUT2D eigenvalue weighted by Gasteiger charge is 2.39. The van der Waals surface area contributed by atoms with Crippen molar-refractivity contribution >= 4 is 28.4 Å². The Bertz CT molecular complexity index is 1540. The summed E-state index contributed by atoms with van der Waals surface area (Å²) in [4.78, 5) is 31.9. The summed E-state index contributed by atoms with van der Waals surface area (Å²) in [6.07, 6.45) is 8.51. The number of pyridine rings is 1. The number of rotatable bonds is 8. The first-order chi connectivity index (χ1) is 18.8. The van der Waals surface area contributed by atoms with Gasteiger partial charge in [-0.3, -0.25) is 4.79 Å². The van der Waals surface area contributed by atoms with Crippen LogP contribution in [0.25, 0.3) is 10.8 Å². The second-order valence-corrected chi connectivity index (χ2v) is 10.1. The number of carbonyl (C=O) groups is 1. The second-order valence-electron chi connectivity index (χ2n) is 10.1. The average Bonchev–Trinajstić information content (AvgIpc) is 3.58. The molecule has 0 unspecified atom stereocenters. The molecule has 3 N–H and O–H groups in total. The van der Waals surface area contributed by atoms with Crippen LogP contribution in [0.2, 0.25) is 0 Å². The summed E-state index contributed by atoms with van der Waals surface area (Å²) in [5.74, 6) is -0.564. The summed E-state index contributed by atoms with van der Waals surface area (Å²) in [6.45, 7) is 0.578. The Labute approximate surface area is 223 Å². The quantitative estimate of drug-likeness (QED) is 0.352. The van der Waals surface area contributed by atoms with E-state index < -0.39 is 5.92 Å². The number of carbonyl (C=O) groups excluding carboxylic acids is 1. The molecule has 3 aromatic heterocycles. The number of hydrogen-bond donors (Lipinski definition) is 2. The standard InChI is InChI=1S/C27H28F2N8O2/c1-39-21-9-16(8-19-4-6-31-23(30)22(19)21)10-32-25(38)20-14-37(24(35-20)18-2-3-18)13-17-11-33-26(34-12-17)36-7-5-27(28,29)15-36/h4,6,8-9,11-12,14,18H,2-3,5,7,10,13,15H2,1H3,(H2,30,31)(H,32,38). The van der Waals surface area contributed by atoms with Crippen LogP contribution in [0.4, 0.5) is 20.5 Å². The van der Waals surface area contributed by atoms with Crippen LogP contribution in [0.3, 0.4) is 0 Å². The van der Waals surface area contributed by atoms with Crippen molar-refractivity contribution in [2.45, 2.75) is 44.2 Å². The van der Waals surface area contributed by atoms with E-state index in [1.54, 1.807) is 31.9 Å². The summed E-state index contributed by atoms with van der Waals surface area (Å²) in [6, 6.07) is 5.62. The van der Waals surface area contributed by atoms with Crippen LogP contribution in [-0.2, 0) is 13.1 Å². The molecular formula is C27H28F2N8O2. The molecule has 4 heterocycles. The number of methoxy groups -OCH3 is 1. The maximum absolute atomic E-state index is 13.6. The van der Waals surface area contributed by atoms with Crippen molar-refractivity contribution < 1.29 is 18.3 Å². The molecule has 0 radical (unpaired) electrons. The fourth-order valence-electron chi connectivity index (χ4n) is 4.93. The van der Waals surface area contributed by atoms with E-state index in [9.17, 15) is 13.6 Å². The van der Waals surface area contributed by atoms with Crippen LogP contribution in [0.1, 0.15) is 52.6 Å². The normalized spacial score (nSPS) is 16.5. The summed E-state index contributed by atoms with van der Waals surface area (Å²) in [7, 11) is 1.57. The van der Waals surface area contributed by atoms with Gasteiger partial charge in [0.1, 0.15) is 23.1 Å². The number of amides is 1. The first-order valence-electron chi connectivity index (χ1n) is 12.8. The van der Waals surface area contributed by atoms with Crippen molar-refractivity contribution in [3.05, 3.63) is 65.6 Å². The van der Waals surface area contributed by atoms with Gasteiger partial charge in [-0.1, -0.05) is 0 Å². The molecule has 1 saturated heterocycles. The third kappa shape index (κ3) is 5.18. The smallest absolute Gasteiger partial charge is 0.271 e. The predicted octanol–water partition coefficient (Wildman–Crippen LogP) is 3.51. The van der Waals surface area contributed by atoms with Gasteiger partial charge in [0.25, 0.3) is 11.8 Å². The van der Waals surface area contributed by atoms with Crippen LogP contribution >= 0.6 is 0 Å². The largest absolute Gasteiger partial charge is 0.496 e. The maximum Gasteiger partial charge on any atom is 0.271 e. The Morgan fingerprint density at radius 2 is 2.00 bits per heavy atom. The molecule has 1 aromatic carbocycles. The minimum Gasteiger partial charge on any atom is -0.496 e. The van der Waals surface area contributed by atoms with E-state index in [4.69, 9.17) is 10.5 Å². The minimum absolute atomic E-state index is 0.191. The number of nitrogens with one attached hydrogen (secondary N) is 1. The van der Waals surface area contributed by atoms with E-state index in [1.807, 2.05) is 22.8 Å². The van der Waals surface area contributed by atoms with Crippen molar-refractivity contribution in [2.75, 3.05) is 30.8 Å². The van der Waals surface area contributed by atoms with Gasteiger partial charge in [0.05, 0.1) is 25.6 Å². The van der Waals surface area contributed by atoms with Gasteiger partial charge in [0.2, 0.25) is 5.95 Å². The van der Waals surface area contributed by atoms with Gasteiger partial charge in [0, 0.05) is 55.8 Å². The number of aromatic nitrogens is 5. The Balaban J connectivity index is 1.16. The molecule has 4 aromatic rings. The molecule has 6 rings (SSSR count). The highest BCUT2D eigenvalue weighted by atomic mass is 19.3. The highest BCUT2D eigenvalue weighted by Crippen LogP contribution is 2.39. The molecule has 0 bridgehead atoms. The van der Waals surface area contributed by atoms with Gasteiger partial charge in [-0.2, -0.15) is 0 Å². The lowest BCUT2D eigenvalue weighted by atomic mass is 10.1. The fourth-order valence-corrected chi connectivity index (χ4v) is 4.93. The van der Waals surface area contributed by atoms with Crippen molar-refractivity contribution in [1.29, 1.82) is 0 Å². The molecule has 0 atom stereocenters. The summed E-state index contributed by atoms with van der Waals surface area (Å²) in [5, 5.41) is 4.55. The number of fused-ring (bicyclic) bond motifs is 1. The Hall–Kier alpha value is -4.35. The number of imidazole rings is 1. The number of halogens is 2. The predicted molar refractivity (Wildman–Crippen MR) is 141 cm³/mol. The van der Waals surface area contributed by atoms with Crippen LogP contribution in [0, 0.1) is 0 Å². The summed E-state index contributed by atoms with van der Waals surface area (Å²) < 4.78 is 34.5. The van der Waals surface area contributed by atoms with Gasteiger partial charge >= 0.3 is 0 Å². The monoisotopic (exact) mass is 534 g/mol. The van der Waals surface area contributed by atoms with Gasteiger partial charge in [-0.05, 0) is 42.0 Å². The molecule has 39 heavy (non-hydrogen) atoms. The molecule has 2 aliphatic rings. The van der Waals surface area contributed by atoms with Crippen LogP contribution in [-0.4, -0.2) is 56.5 Å². The van der Waals surface area contributed by atoms with Crippen molar-refractivity contribution in [2.24, 2.45) is 0 Å². The molecule has 1 aliphatic carbocycles.